The van der Waals surface area contributed by atoms with E-state index in [4.69, 9.17) is 22.1 Å². The first-order valence-electron chi connectivity index (χ1n) is 5.80. The molecule has 1 saturated heterocycles. The van der Waals surface area contributed by atoms with Crippen molar-refractivity contribution in [3.63, 3.8) is 0 Å². The van der Waals surface area contributed by atoms with E-state index in [1.807, 2.05) is 19.2 Å². The van der Waals surface area contributed by atoms with Gasteiger partial charge >= 0.3 is 0 Å². The summed E-state index contributed by atoms with van der Waals surface area (Å²) in [5.41, 5.74) is 7.75. The molecular formula is C13H15ClN2OS. The van der Waals surface area contributed by atoms with Gasteiger partial charge in [0.15, 0.2) is 5.72 Å². The number of hydrogen-bond donors (Lipinski definition) is 1. The zero-order valence-corrected chi connectivity index (χ0v) is 11.9. The Morgan fingerprint density at radius 3 is 3.06 bits per heavy atom. The van der Waals surface area contributed by atoms with Crippen molar-refractivity contribution in [1.29, 1.82) is 0 Å². The van der Waals surface area contributed by atoms with Crippen LogP contribution in [0.1, 0.15) is 11.1 Å². The van der Waals surface area contributed by atoms with Crippen LogP contribution in [0.2, 0.25) is 5.02 Å². The van der Waals surface area contributed by atoms with Crippen LogP contribution in [0.15, 0.2) is 29.4 Å². The fourth-order valence-corrected chi connectivity index (χ4v) is 4.69. The van der Waals surface area contributed by atoms with Gasteiger partial charge in [-0.05, 0) is 24.1 Å². The van der Waals surface area contributed by atoms with Crippen LogP contribution < -0.4 is 5.73 Å². The molecule has 2 aliphatic rings. The highest BCUT2D eigenvalue weighted by Crippen LogP contribution is 2.56. The molecule has 0 saturated carbocycles. The van der Waals surface area contributed by atoms with Crippen molar-refractivity contribution in [2.75, 3.05) is 14.2 Å². The second kappa shape index (κ2) is 4.08. The Labute approximate surface area is 116 Å². The largest absolute Gasteiger partial charge is 0.403 e. The van der Waals surface area contributed by atoms with E-state index in [9.17, 15) is 0 Å². The van der Waals surface area contributed by atoms with E-state index in [-0.39, 0.29) is 0 Å². The van der Waals surface area contributed by atoms with E-state index < -0.39 is 5.72 Å². The molecule has 2 unspecified atom stereocenters. The number of ether oxygens (including phenoxy) is 1. The van der Waals surface area contributed by atoms with Gasteiger partial charge in [-0.25, -0.2) is 0 Å². The summed E-state index contributed by atoms with van der Waals surface area (Å²) in [6.45, 7) is 0. The van der Waals surface area contributed by atoms with E-state index in [1.54, 1.807) is 25.1 Å². The normalized spacial score (nSPS) is 31.8. The molecule has 1 fully saturated rings. The molecule has 96 valence electrons. The molecule has 0 bridgehead atoms. The lowest BCUT2D eigenvalue weighted by molar-refractivity contribution is -0.0995. The van der Waals surface area contributed by atoms with Gasteiger partial charge in [0, 0.05) is 30.9 Å². The molecule has 0 spiro atoms. The number of benzene rings is 1. The third kappa shape index (κ3) is 1.37. The number of halogens is 1. The SMILES string of the molecule is COC12c3ccc(Cl)cc3CC1S/C(=C\N)N2C. The molecule has 5 heteroatoms. The predicted octanol–water partition coefficient (Wildman–Crippen LogP) is 2.50. The second-order valence-corrected chi connectivity index (χ2v) is 6.24. The van der Waals surface area contributed by atoms with Gasteiger partial charge in [-0.3, -0.25) is 0 Å². The molecule has 2 N–H and O–H groups in total. The van der Waals surface area contributed by atoms with Gasteiger partial charge in [-0.1, -0.05) is 29.4 Å². The topological polar surface area (TPSA) is 38.5 Å². The van der Waals surface area contributed by atoms with Crippen molar-refractivity contribution in [3.05, 3.63) is 45.6 Å². The van der Waals surface area contributed by atoms with Gasteiger partial charge in [0.2, 0.25) is 0 Å². The molecule has 18 heavy (non-hydrogen) atoms. The van der Waals surface area contributed by atoms with Crippen molar-refractivity contribution in [2.24, 2.45) is 5.73 Å². The third-order valence-electron chi connectivity index (χ3n) is 3.84. The molecule has 0 amide bonds. The minimum absolute atomic E-state index is 0.329. The van der Waals surface area contributed by atoms with Gasteiger partial charge in [0.05, 0.1) is 10.3 Å². The Balaban J connectivity index is 2.17. The Hall–Kier alpha value is -0.840. The maximum absolute atomic E-state index is 6.07. The van der Waals surface area contributed by atoms with Crippen molar-refractivity contribution in [1.82, 2.24) is 4.90 Å². The molecule has 1 aliphatic heterocycles. The summed E-state index contributed by atoms with van der Waals surface area (Å²) < 4.78 is 5.90. The maximum Gasteiger partial charge on any atom is 0.180 e. The average molecular weight is 283 g/mol. The Kier molecular flexibility index (Phi) is 2.77. The molecule has 1 aliphatic carbocycles. The number of nitrogens with zero attached hydrogens (tertiary/aromatic N) is 1. The van der Waals surface area contributed by atoms with Gasteiger partial charge in [0.1, 0.15) is 0 Å². The fraction of sp³-hybridized carbons (Fsp3) is 0.385. The van der Waals surface area contributed by atoms with Crippen molar-refractivity contribution >= 4 is 23.4 Å². The van der Waals surface area contributed by atoms with Crippen LogP contribution in [-0.4, -0.2) is 24.3 Å². The lowest BCUT2D eigenvalue weighted by Gasteiger charge is -2.36. The first kappa shape index (κ1) is 12.2. The highest BCUT2D eigenvalue weighted by Gasteiger charge is 2.56. The lowest BCUT2D eigenvalue weighted by atomic mass is 10.0. The standard InChI is InChI=1S/C13H15ClN2OS/c1-16-12(7-15)18-11-6-8-5-9(14)3-4-10(8)13(11,16)17-2/h3-5,7,11H,6,15H2,1-2H3/b12-7-. The summed E-state index contributed by atoms with van der Waals surface area (Å²) in [7, 11) is 3.78. The first-order valence-corrected chi connectivity index (χ1v) is 7.05. The number of nitrogens with two attached hydrogens (primary N) is 1. The van der Waals surface area contributed by atoms with Crippen molar-refractivity contribution in [3.8, 4) is 0 Å². The van der Waals surface area contributed by atoms with E-state index in [2.05, 4.69) is 11.0 Å². The molecule has 2 atom stereocenters. The zero-order chi connectivity index (χ0) is 12.9. The molecule has 1 heterocycles. The summed E-state index contributed by atoms with van der Waals surface area (Å²) >= 11 is 7.84. The van der Waals surface area contributed by atoms with Gasteiger partial charge in [-0.2, -0.15) is 0 Å². The van der Waals surface area contributed by atoms with Crippen LogP contribution in [0.4, 0.5) is 0 Å². The van der Waals surface area contributed by atoms with Crippen LogP contribution in [0.25, 0.3) is 0 Å². The quantitative estimate of drug-likeness (QED) is 0.859. The van der Waals surface area contributed by atoms with E-state index in [0.717, 1.165) is 16.5 Å². The van der Waals surface area contributed by atoms with Crippen molar-refractivity contribution in [2.45, 2.75) is 17.4 Å². The Morgan fingerprint density at radius 2 is 2.39 bits per heavy atom. The first-order chi connectivity index (χ1) is 8.63. The van der Waals surface area contributed by atoms with Crippen molar-refractivity contribution < 1.29 is 4.74 Å². The summed E-state index contributed by atoms with van der Waals surface area (Å²) in [5.74, 6) is 0. The fourth-order valence-electron chi connectivity index (χ4n) is 3.03. The maximum atomic E-state index is 6.07. The number of thioether (sulfide) groups is 1. The summed E-state index contributed by atoms with van der Waals surface area (Å²) in [6, 6.07) is 6.03. The number of hydrogen-bond acceptors (Lipinski definition) is 4. The van der Waals surface area contributed by atoms with Gasteiger partial charge < -0.3 is 15.4 Å². The van der Waals surface area contributed by atoms with Crippen LogP contribution in [-0.2, 0) is 16.9 Å². The molecule has 0 radical (unpaired) electrons. The molecule has 0 aromatic heterocycles. The van der Waals surface area contributed by atoms with Gasteiger partial charge in [0.25, 0.3) is 0 Å². The number of methoxy groups -OCH3 is 1. The summed E-state index contributed by atoms with van der Waals surface area (Å²) in [6.07, 6.45) is 2.61. The molecule has 1 aromatic carbocycles. The molecular weight excluding hydrogens is 268 g/mol. The molecule has 3 nitrogen and oxygen atoms in total. The van der Waals surface area contributed by atoms with E-state index >= 15 is 0 Å². The third-order valence-corrected chi connectivity index (χ3v) is 5.50. The lowest BCUT2D eigenvalue weighted by Crippen LogP contribution is -2.44. The zero-order valence-electron chi connectivity index (χ0n) is 10.3. The predicted molar refractivity (Wildman–Crippen MR) is 75.3 cm³/mol. The monoisotopic (exact) mass is 282 g/mol. The highest BCUT2D eigenvalue weighted by molar-refractivity contribution is 8.03. The Bertz CT molecular complexity index is 534. The van der Waals surface area contributed by atoms with Crippen LogP contribution in [0, 0.1) is 0 Å². The molecule has 1 aromatic rings. The minimum atomic E-state index is -0.407. The second-order valence-electron chi connectivity index (χ2n) is 4.58. The highest BCUT2D eigenvalue weighted by atomic mass is 35.5. The molecule has 3 rings (SSSR count). The number of rotatable bonds is 1. The van der Waals surface area contributed by atoms with Gasteiger partial charge in [-0.15, -0.1) is 0 Å². The minimum Gasteiger partial charge on any atom is -0.403 e. The smallest absolute Gasteiger partial charge is 0.180 e. The summed E-state index contributed by atoms with van der Waals surface area (Å²) in [5, 5.41) is 2.17. The van der Waals surface area contributed by atoms with E-state index in [1.165, 1.54) is 11.1 Å². The number of fused-ring (bicyclic) bond motifs is 3. The average Bonchev–Trinajstić information content (AvgIpc) is 2.81. The Morgan fingerprint density at radius 1 is 1.61 bits per heavy atom. The van der Waals surface area contributed by atoms with Crippen LogP contribution >= 0.6 is 23.4 Å². The van der Waals surface area contributed by atoms with Crippen LogP contribution in [0.3, 0.4) is 0 Å². The summed E-state index contributed by atoms with van der Waals surface area (Å²) in [4.78, 5) is 2.13. The van der Waals surface area contributed by atoms with Crippen LogP contribution in [0.5, 0.6) is 0 Å². The van der Waals surface area contributed by atoms with E-state index in [0.29, 0.717) is 5.25 Å².